The van der Waals surface area contributed by atoms with E-state index in [1.807, 2.05) is 48.3 Å². The molecule has 0 aliphatic carbocycles. The van der Waals surface area contributed by atoms with Crippen LogP contribution in [0.1, 0.15) is 67.8 Å². The fraction of sp³-hybridized carbons (Fsp3) is 0.241. The van der Waals surface area contributed by atoms with Gasteiger partial charge in [0.05, 0.1) is 34.7 Å². The molecular weight excluding hydrogens is 452 g/mol. The first-order valence-electron chi connectivity index (χ1n) is 12.3. The number of benzene rings is 3. The minimum absolute atomic E-state index is 0.0593. The first-order chi connectivity index (χ1) is 17.5. The molecule has 1 saturated heterocycles. The molecular formula is C29H26N4O3. The second kappa shape index (κ2) is 8.75. The van der Waals surface area contributed by atoms with Crippen LogP contribution in [0.4, 0.5) is 0 Å². The molecule has 6 rings (SSSR count). The smallest absolute Gasteiger partial charge is 0.261 e. The molecule has 1 atom stereocenters. The maximum atomic E-state index is 13.7. The Morgan fingerprint density at radius 2 is 1.64 bits per heavy atom. The van der Waals surface area contributed by atoms with Gasteiger partial charge >= 0.3 is 0 Å². The van der Waals surface area contributed by atoms with E-state index < -0.39 is 0 Å². The lowest BCUT2D eigenvalue weighted by Gasteiger charge is -2.35. The summed E-state index contributed by atoms with van der Waals surface area (Å²) in [6.07, 6.45) is 2.84. The Labute approximate surface area is 209 Å². The van der Waals surface area contributed by atoms with E-state index in [2.05, 4.69) is 4.57 Å². The molecule has 2 aliphatic rings. The zero-order chi connectivity index (χ0) is 24.8. The number of rotatable bonds is 4. The first kappa shape index (κ1) is 22.2. The average Bonchev–Trinajstić information content (AvgIpc) is 3.38. The van der Waals surface area contributed by atoms with E-state index in [4.69, 9.17) is 4.98 Å². The molecule has 0 saturated carbocycles. The van der Waals surface area contributed by atoms with Gasteiger partial charge in [-0.3, -0.25) is 19.3 Å². The van der Waals surface area contributed by atoms with Crippen molar-refractivity contribution in [1.29, 1.82) is 0 Å². The number of amides is 3. The van der Waals surface area contributed by atoms with Crippen molar-refractivity contribution in [3.63, 3.8) is 0 Å². The zero-order valence-electron chi connectivity index (χ0n) is 20.1. The fourth-order valence-electron chi connectivity index (χ4n) is 5.44. The Morgan fingerprint density at radius 1 is 0.917 bits per heavy atom. The normalized spacial score (nSPS) is 17.6. The van der Waals surface area contributed by atoms with Gasteiger partial charge in [0, 0.05) is 19.2 Å². The van der Waals surface area contributed by atoms with E-state index in [0.29, 0.717) is 23.2 Å². The number of piperidine rings is 1. The molecule has 36 heavy (non-hydrogen) atoms. The number of imide groups is 1. The van der Waals surface area contributed by atoms with Gasteiger partial charge in [0.25, 0.3) is 17.7 Å². The fourth-order valence-corrected chi connectivity index (χ4v) is 5.44. The summed E-state index contributed by atoms with van der Waals surface area (Å²) < 4.78 is 2.09. The minimum Gasteiger partial charge on any atom is -0.329 e. The van der Waals surface area contributed by atoms with Crippen LogP contribution in [0.5, 0.6) is 0 Å². The highest BCUT2D eigenvalue weighted by atomic mass is 16.2. The van der Waals surface area contributed by atoms with Crippen molar-refractivity contribution in [2.24, 2.45) is 7.05 Å². The van der Waals surface area contributed by atoms with Crippen LogP contribution in [0.3, 0.4) is 0 Å². The van der Waals surface area contributed by atoms with Gasteiger partial charge in [-0.05, 0) is 61.2 Å². The lowest BCUT2D eigenvalue weighted by molar-refractivity contribution is 0.0596. The molecule has 7 heteroatoms. The van der Waals surface area contributed by atoms with Crippen molar-refractivity contribution in [1.82, 2.24) is 19.4 Å². The van der Waals surface area contributed by atoms with Gasteiger partial charge in [-0.25, -0.2) is 4.98 Å². The summed E-state index contributed by atoms with van der Waals surface area (Å²) in [5.41, 5.74) is 4.12. The predicted molar refractivity (Wildman–Crippen MR) is 135 cm³/mol. The van der Waals surface area contributed by atoms with Gasteiger partial charge in [0.1, 0.15) is 5.82 Å². The summed E-state index contributed by atoms with van der Waals surface area (Å²) in [6, 6.07) is 22.0. The van der Waals surface area contributed by atoms with Gasteiger partial charge in [-0.2, -0.15) is 0 Å². The van der Waals surface area contributed by atoms with Crippen LogP contribution in [-0.4, -0.2) is 43.6 Å². The summed E-state index contributed by atoms with van der Waals surface area (Å²) in [6.45, 7) is 0.789. The van der Waals surface area contributed by atoms with Crippen molar-refractivity contribution < 1.29 is 14.4 Å². The number of nitrogens with zero attached hydrogens (tertiary/aromatic N) is 4. The molecule has 0 radical (unpaired) electrons. The number of para-hydroxylation sites is 2. The van der Waals surface area contributed by atoms with Crippen molar-refractivity contribution in [2.75, 3.05) is 6.54 Å². The van der Waals surface area contributed by atoms with Crippen LogP contribution in [0.15, 0.2) is 72.8 Å². The molecule has 7 nitrogen and oxygen atoms in total. The Bertz CT molecular complexity index is 1490. The third-order valence-electron chi connectivity index (χ3n) is 7.28. The molecule has 2 aliphatic heterocycles. The number of likely N-dealkylation sites (tertiary alicyclic amines) is 1. The van der Waals surface area contributed by atoms with Crippen LogP contribution in [0.25, 0.3) is 11.0 Å². The van der Waals surface area contributed by atoms with Crippen molar-refractivity contribution >= 4 is 28.8 Å². The van der Waals surface area contributed by atoms with Crippen LogP contribution in [0.2, 0.25) is 0 Å². The highest BCUT2D eigenvalue weighted by molar-refractivity contribution is 6.21. The molecule has 3 amide bonds. The number of hydrogen-bond donors (Lipinski definition) is 0. The molecule has 180 valence electrons. The second-order valence-corrected chi connectivity index (χ2v) is 9.47. The summed E-state index contributed by atoms with van der Waals surface area (Å²) in [7, 11) is 2.00. The zero-order valence-corrected chi connectivity index (χ0v) is 20.1. The highest BCUT2D eigenvalue weighted by Gasteiger charge is 2.35. The number of aromatic nitrogens is 2. The van der Waals surface area contributed by atoms with Gasteiger partial charge in [-0.1, -0.05) is 36.4 Å². The monoisotopic (exact) mass is 478 g/mol. The molecule has 0 N–H and O–H groups in total. The highest BCUT2D eigenvalue weighted by Crippen LogP contribution is 2.33. The third-order valence-corrected chi connectivity index (χ3v) is 7.28. The van der Waals surface area contributed by atoms with Gasteiger partial charge in [0.2, 0.25) is 0 Å². The Hall–Kier alpha value is -4.26. The molecule has 1 fully saturated rings. The first-order valence-corrected chi connectivity index (χ1v) is 12.3. The van der Waals surface area contributed by atoms with Gasteiger partial charge in [-0.15, -0.1) is 0 Å². The maximum absolute atomic E-state index is 13.7. The van der Waals surface area contributed by atoms with E-state index in [9.17, 15) is 14.4 Å². The summed E-state index contributed by atoms with van der Waals surface area (Å²) in [4.78, 5) is 47.4. The Kier molecular flexibility index (Phi) is 5.40. The SMILES string of the molecule is Cn1c(C2CCCCN2C(=O)c2cccc(CN3C(=O)c4ccccc4C3=O)c2)nc2ccccc21. The van der Waals surface area contributed by atoms with E-state index in [-0.39, 0.29) is 30.3 Å². The van der Waals surface area contributed by atoms with Gasteiger partial charge < -0.3 is 9.47 Å². The lowest BCUT2D eigenvalue weighted by Crippen LogP contribution is -2.39. The molecule has 3 aromatic carbocycles. The van der Waals surface area contributed by atoms with Crippen molar-refractivity contribution in [3.8, 4) is 0 Å². The topological polar surface area (TPSA) is 75.5 Å². The number of carbonyl (C=O) groups excluding carboxylic acids is 3. The molecule has 3 heterocycles. The molecule has 1 aromatic heterocycles. The van der Waals surface area contributed by atoms with E-state index in [1.54, 1.807) is 36.4 Å². The van der Waals surface area contributed by atoms with E-state index >= 15 is 0 Å². The van der Waals surface area contributed by atoms with Crippen molar-refractivity contribution in [3.05, 3.63) is 101 Å². The van der Waals surface area contributed by atoms with E-state index in [0.717, 1.165) is 41.7 Å². The Morgan fingerprint density at radius 3 is 2.39 bits per heavy atom. The maximum Gasteiger partial charge on any atom is 0.261 e. The molecule has 1 unspecified atom stereocenters. The predicted octanol–water partition coefficient (Wildman–Crippen LogP) is 4.74. The van der Waals surface area contributed by atoms with Crippen LogP contribution >= 0.6 is 0 Å². The Balaban J connectivity index is 1.27. The van der Waals surface area contributed by atoms with Crippen LogP contribution in [0, 0.1) is 0 Å². The van der Waals surface area contributed by atoms with Gasteiger partial charge in [0.15, 0.2) is 0 Å². The summed E-state index contributed by atoms with van der Waals surface area (Å²) in [5, 5.41) is 0. The number of imidazole rings is 1. The average molecular weight is 479 g/mol. The summed E-state index contributed by atoms with van der Waals surface area (Å²) in [5.74, 6) is 0.234. The minimum atomic E-state index is -0.301. The van der Waals surface area contributed by atoms with Crippen LogP contribution < -0.4 is 0 Å². The van der Waals surface area contributed by atoms with Crippen molar-refractivity contribution in [2.45, 2.75) is 31.8 Å². The third kappa shape index (κ3) is 3.59. The van der Waals surface area contributed by atoms with Crippen LogP contribution in [-0.2, 0) is 13.6 Å². The number of aryl methyl sites for hydroxylation is 1. The molecule has 0 bridgehead atoms. The van der Waals surface area contributed by atoms with E-state index in [1.165, 1.54) is 4.90 Å². The quantitative estimate of drug-likeness (QED) is 0.397. The number of carbonyl (C=O) groups is 3. The second-order valence-electron chi connectivity index (χ2n) is 9.47. The largest absolute Gasteiger partial charge is 0.329 e. The molecule has 0 spiro atoms. The number of fused-ring (bicyclic) bond motifs is 2. The number of hydrogen-bond acceptors (Lipinski definition) is 4. The lowest BCUT2D eigenvalue weighted by atomic mass is 9.99. The molecule has 4 aromatic rings. The standard InChI is InChI=1S/C29H26N4O3/c1-31-24-14-5-4-13-23(24)30-26(31)25-15-6-7-16-32(25)27(34)20-10-8-9-19(17-20)18-33-28(35)21-11-2-3-12-22(21)29(33)36/h2-5,8-14,17,25H,6-7,15-16,18H2,1H3. The summed E-state index contributed by atoms with van der Waals surface area (Å²) >= 11 is 0.